The van der Waals surface area contributed by atoms with Crippen molar-refractivity contribution in [3.05, 3.63) is 58.2 Å². The SMILES string of the molecule is O=Cc1cn(-c2cc(F)c(F)c(F)c2)nc1-c1ccsc1. The monoisotopic (exact) mass is 308 g/mol. The number of rotatable bonds is 3. The summed E-state index contributed by atoms with van der Waals surface area (Å²) in [6.07, 6.45) is 1.94. The van der Waals surface area contributed by atoms with Crippen molar-refractivity contribution in [2.45, 2.75) is 0 Å². The fraction of sp³-hybridized carbons (Fsp3) is 0. The summed E-state index contributed by atoms with van der Waals surface area (Å²) in [5.41, 5.74) is 1.40. The summed E-state index contributed by atoms with van der Waals surface area (Å²) in [5, 5.41) is 7.76. The number of aldehydes is 1. The highest BCUT2D eigenvalue weighted by Gasteiger charge is 2.15. The van der Waals surface area contributed by atoms with Gasteiger partial charge in [-0.3, -0.25) is 4.79 Å². The van der Waals surface area contributed by atoms with Crippen molar-refractivity contribution < 1.29 is 18.0 Å². The van der Waals surface area contributed by atoms with E-state index in [9.17, 15) is 18.0 Å². The average Bonchev–Trinajstić information content (AvgIpc) is 3.12. The highest BCUT2D eigenvalue weighted by Crippen LogP contribution is 2.25. The molecule has 0 bridgehead atoms. The van der Waals surface area contributed by atoms with Crippen molar-refractivity contribution in [1.29, 1.82) is 0 Å². The number of nitrogens with zero attached hydrogens (tertiary/aromatic N) is 2. The van der Waals surface area contributed by atoms with Gasteiger partial charge in [0.15, 0.2) is 23.7 Å². The number of thiophene rings is 1. The van der Waals surface area contributed by atoms with E-state index in [2.05, 4.69) is 5.10 Å². The van der Waals surface area contributed by atoms with Gasteiger partial charge in [-0.15, -0.1) is 0 Å². The van der Waals surface area contributed by atoms with Crippen LogP contribution in [0.15, 0.2) is 35.2 Å². The molecule has 2 aromatic heterocycles. The molecule has 0 aliphatic rings. The molecule has 0 aliphatic carbocycles. The number of hydrogen-bond donors (Lipinski definition) is 0. The van der Waals surface area contributed by atoms with Crippen LogP contribution in [0.5, 0.6) is 0 Å². The molecule has 0 saturated heterocycles. The molecule has 2 heterocycles. The van der Waals surface area contributed by atoms with E-state index in [1.54, 1.807) is 11.4 Å². The van der Waals surface area contributed by atoms with Crippen molar-refractivity contribution in [3.8, 4) is 16.9 Å². The number of hydrogen-bond acceptors (Lipinski definition) is 3. The molecule has 0 fully saturated rings. The van der Waals surface area contributed by atoms with Crippen molar-refractivity contribution in [2.75, 3.05) is 0 Å². The Morgan fingerprint density at radius 3 is 2.48 bits per heavy atom. The topological polar surface area (TPSA) is 34.9 Å². The lowest BCUT2D eigenvalue weighted by atomic mass is 10.2. The van der Waals surface area contributed by atoms with E-state index in [0.29, 0.717) is 12.0 Å². The molecule has 0 atom stereocenters. The zero-order valence-corrected chi connectivity index (χ0v) is 11.2. The highest BCUT2D eigenvalue weighted by atomic mass is 32.1. The summed E-state index contributed by atoms with van der Waals surface area (Å²) >= 11 is 1.43. The van der Waals surface area contributed by atoms with Gasteiger partial charge in [0, 0.05) is 29.3 Å². The third-order valence-electron chi connectivity index (χ3n) is 2.90. The summed E-state index contributed by atoms with van der Waals surface area (Å²) in [6.45, 7) is 0. The number of carbonyl (C=O) groups is 1. The van der Waals surface area contributed by atoms with Crippen LogP contribution < -0.4 is 0 Å². The molecule has 0 amide bonds. The van der Waals surface area contributed by atoms with Gasteiger partial charge in [0.05, 0.1) is 11.3 Å². The minimum Gasteiger partial charge on any atom is -0.298 e. The molecule has 7 heteroatoms. The summed E-state index contributed by atoms with van der Waals surface area (Å²) in [6, 6.07) is 3.41. The minimum absolute atomic E-state index is 0.00372. The maximum absolute atomic E-state index is 13.3. The smallest absolute Gasteiger partial charge is 0.194 e. The van der Waals surface area contributed by atoms with Crippen LogP contribution in [-0.2, 0) is 0 Å². The van der Waals surface area contributed by atoms with E-state index in [0.717, 1.165) is 22.4 Å². The zero-order valence-electron chi connectivity index (χ0n) is 10.4. The predicted octanol–water partition coefficient (Wildman–Crippen LogP) is 3.83. The number of halogens is 3. The molecule has 21 heavy (non-hydrogen) atoms. The largest absolute Gasteiger partial charge is 0.298 e. The maximum atomic E-state index is 13.3. The molecular weight excluding hydrogens is 301 g/mol. The second-order valence-corrected chi connectivity index (χ2v) is 5.01. The second-order valence-electron chi connectivity index (χ2n) is 4.23. The third-order valence-corrected chi connectivity index (χ3v) is 3.58. The van der Waals surface area contributed by atoms with Crippen LogP contribution in [0.2, 0.25) is 0 Å². The van der Waals surface area contributed by atoms with Crippen LogP contribution in [0.1, 0.15) is 10.4 Å². The Hall–Kier alpha value is -2.41. The second kappa shape index (κ2) is 5.17. The van der Waals surface area contributed by atoms with E-state index in [4.69, 9.17) is 0 Å². The van der Waals surface area contributed by atoms with Gasteiger partial charge in [-0.25, -0.2) is 17.9 Å². The molecule has 3 nitrogen and oxygen atoms in total. The Morgan fingerprint density at radius 1 is 1.19 bits per heavy atom. The number of carbonyl (C=O) groups excluding carboxylic acids is 1. The van der Waals surface area contributed by atoms with Gasteiger partial charge in [-0.05, 0) is 11.4 Å². The van der Waals surface area contributed by atoms with E-state index >= 15 is 0 Å². The Kier molecular flexibility index (Phi) is 3.34. The van der Waals surface area contributed by atoms with Crippen LogP contribution in [0, 0.1) is 17.5 Å². The van der Waals surface area contributed by atoms with Crippen LogP contribution in [0.25, 0.3) is 16.9 Å². The Balaban J connectivity index is 2.14. The van der Waals surface area contributed by atoms with Gasteiger partial charge in [0.1, 0.15) is 5.69 Å². The molecule has 0 spiro atoms. The van der Waals surface area contributed by atoms with Crippen LogP contribution >= 0.6 is 11.3 Å². The fourth-order valence-electron chi connectivity index (χ4n) is 1.90. The van der Waals surface area contributed by atoms with Crippen molar-refractivity contribution in [3.63, 3.8) is 0 Å². The molecule has 106 valence electrons. The minimum atomic E-state index is -1.54. The van der Waals surface area contributed by atoms with Crippen molar-refractivity contribution >= 4 is 17.6 Å². The molecule has 0 radical (unpaired) electrons. The lowest BCUT2D eigenvalue weighted by Gasteiger charge is -2.03. The number of benzene rings is 1. The van der Waals surface area contributed by atoms with Gasteiger partial charge >= 0.3 is 0 Å². The lowest BCUT2D eigenvalue weighted by Crippen LogP contribution is -1.99. The molecule has 0 N–H and O–H groups in total. The van der Waals surface area contributed by atoms with E-state index < -0.39 is 17.5 Å². The van der Waals surface area contributed by atoms with E-state index in [1.807, 2.05) is 5.38 Å². The standard InChI is InChI=1S/C14H7F3N2OS/c15-11-3-10(4-12(16)13(11)17)19-5-9(6-20)14(18-19)8-1-2-21-7-8/h1-7H. The first kappa shape index (κ1) is 13.6. The quantitative estimate of drug-likeness (QED) is 0.544. The van der Waals surface area contributed by atoms with Crippen LogP contribution in [-0.4, -0.2) is 16.1 Å². The highest BCUT2D eigenvalue weighted by molar-refractivity contribution is 7.08. The first-order valence-electron chi connectivity index (χ1n) is 5.82. The normalized spacial score (nSPS) is 10.8. The third kappa shape index (κ3) is 2.36. The van der Waals surface area contributed by atoms with Crippen molar-refractivity contribution in [1.82, 2.24) is 9.78 Å². The first-order valence-corrected chi connectivity index (χ1v) is 6.77. The molecule has 3 aromatic rings. The van der Waals surface area contributed by atoms with Crippen LogP contribution in [0.3, 0.4) is 0 Å². The molecule has 0 saturated carbocycles. The van der Waals surface area contributed by atoms with Gasteiger partial charge in [0.25, 0.3) is 0 Å². The summed E-state index contributed by atoms with van der Waals surface area (Å²) < 4.78 is 40.6. The Bertz CT molecular complexity index is 789. The molecule has 3 rings (SSSR count). The Morgan fingerprint density at radius 2 is 1.90 bits per heavy atom. The fourth-order valence-corrected chi connectivity index (χ4v) is 2.54. The van der Waals surface area contributed by atoms with E-state index in [-0.39, 0.29) is 11.3 Å². The van der Waals surface area contributed by atoms with Gasteiger partial charge in [-0.1, -0.05) is 0 Å². The van der Waals surface area contributed by atoms with Gasteiger partial charge in [0.2, 0.25) is 0 Å². The molecule has 1 aromatic carbocycles. The number of aromatic nitrogens is 2. The molecule has 0 unspecified atom stereocenters. The van der Waals surface area contributed by atoms with Crippen LogP contribution in [0.4, 0.5) is 13.2 Å². The molecule has 0 aliphatic heterocycles. The lowest BCUT2D eigenvalue weighted by molar-refractivity contribution is 0.112. The van der Waals surface area contributed by atoms with E-state index in [1.165, 1.54) is 17.5 Å². The summed E-state index contributed by atoms with van der Waals surface area (Å²) in [5.74, 6) is -4.17. The maximum Gasteiger partial charge on any atom is 0.194 e. The predicted molar refractivity (Wildman–Crippen MR) is 72.1 cm³/mol. The summed E-state index contributed by atoms with van der Waals surface area (Å²) in [7, 11) is 0. The Labute approximate surface area is 121 Å². The first-order chi connectivity index (χ1) is 10.1. The van der Waals surface area contributed by atoms with Crippen molar-refractivity contribution in [2.24, 2.45) is 0 Å². The summed E-state index contributed by atoms with van der Waals surface area (Å²) in [4.78, 5) is 11.1. The van der Waals surface area contributed by atoms with Gasteiger partial charge < -0.3 is 0 Å². The zero-order chi connectivity index (χ0) is 15.0. The molecular formula is C14H7F3N2OS. The van der Waals surface area contributed by atoms with Gasteiger partial charge in [-0.2, -0.15) is 16.4 Å². The average molecular weight is 308 g/mol.